The summed E-state index contributed by atoms with van der Waals surface area (Å²) in [5, 5.41) is 10.8. The van der Waals surface area contributed by atoms with Crippen LogP contribution in [0.3, 0.4) is 0 Å². The summed E-state index contributed by atoms with van der Waals surface area (Å²) in [6, 6.07) is 16.6. The zero-order valence-electron chi connectivity index (χ0n) is 39.7. The second-order valence-corrected chi connectivity index (χ2v) is 27.4. The number of halogens is 7. The van der Waals surface area contributed by atoms with Gasteiger partial charge in [0.15, 0.2) is 11.6 Å². The summed E-state index contributed by atoms with van der Waals surface area (Å²) in [6.07, 6.45) is 12.0. The monoisotopic (exact) mass is 1230 g/mol. The summed E-state index contributed by atoms with van der Waals surface area (Å²) >= 11 is 28.0. The molecule has 3 aromatic carbocycles. The van der Waals surface area contributed by atoms with E-state index in [-0.39, 0.29) is 63.9 Å². The first-order valence-corrected chi connectivity index (χ1v) is 32.6. The quantitative estimate of drug-likeness (QED) is 0.0827. The number of aliphatic hydroxyl groups excluding tert-OH is 1. The van der Waals surface area contributed by atoms with Gasteiger partial charge in [-0.3, -0.25) is 9.59 Å². The number of Topliss-reactive ketones (excluding diaryl/α,β-unsaturated/α-hetero) is 2. The number of hydrogen-bond donors (Lipinski definition) is 1. The van der Waals surface area contributed by atoms with Gasteiger partial charge in [0.2, 0.25) is 39.3 Å². The maximum absolute atomic E-state index is 13.2. The standard InChI is InChI=1S/C17H18ClN3O2S.C15H15Cl2NO3S.C15H16ClNO4S.CH3Cl.Cl2OS/c1-11-19-10-15-16(20-11)9-13-3-2-4-17(15)21(13)24(22,23)14-7-5-12(18)6-8-14;16-9-13-14-3-1-2-11(8-15(13)19)18(14)22(20,21)12-6-4-10(17)5-7-12;16-10-4-6-12(7-5-10)22(20,21)17-11-2-1-3-14(17)13(9-18)15(19)8-11;1-2;1-4(2)3/h5-8,10,13,17H,2-4,9H2,1H3;4-7,9,11,14H,1-3,8H2;4-7,9,11,14,18H,1-3,8H2;1H3;/b;;13-9-;;. The predicted octanol–water partition coefficient (Wildman–Crippen LogP) is 11.2. The van der Waals surface area contributed by atoms with Crippen LogP contribution in [0.1, 0.15) is 93.8 Å². The highest BCUT2D eigenvalue weighted by atomic mass is 36.0. The first-order chi connectivity index (χ1) is 35.1. The number of hydrogen-bond acceptors (Lipinski definition) is 12. The molecule has 0 saturated carbocycles. The second kappa shape index (κ2) is 26.3. The van der Waals surface area contributed by atoms with Crippen molar-refractivity contribution in [2.24, 2.45) is 0 Å². The number of sulfonamides is 3. The van der Waals surface area contributed by atoms with Crippen molar-refractivity contribution in [3.8, 4) is 0 Å². The van der Waals surface area contributed by atoms with Gasteiger partial charge in [0.25, 0.3) is 0 Å². The van der Waals surface area contributed by atoms with E-state index >= 15 is 0 Å². The Balaban J connectivity index is 0.000000172. The van der Waals surface area contributed by atoms with Crippen molar-refractivity contribution in [2.75, 3.05) is 6.38 Å². The molecule has 402 valence electrons. The molecule has 6 aliphatic heterocycles. The summed E-state index contributed by atoms with van der Waals surface area (Å²) < 4.78 is 91.9. The number of aryl methyl sites for hydroxylation is 1. The van der Waals surface area contributed by atoms with Crippen LogP contribution in [-0.4, -0.2) is 106 Å². The Bertz CT molecular complexity index is 2970. The number of piperidine rings is 5. The predicted molar refractivity (Wildman–Crippen MR) is 291 cm³/mol. The molecule has 0 radical (unpaired) electrons. The average molecular weight is 1240 g/mol. The molecule has 26 heteroatoms. The van der Waals surface area contributed by atoms with Crippen molar-refractivity contribution in [2.45, 2.75) is 135 Å². The molecule has 7 heterocycles. The van der Waals surface area contributed by atoms with Gasteiger partial charge in [-0.1, -0.05) is 46.4 Å². The smallest absolute Gasteiger partial charge is 0.243 e. The number of rotatable bonds is 6. The summed E-state index contributed by atoms with van der Waals surface area (Å²) in [5.74, 6) is 0.521. The van der Waals surface area contributed by atoms with Crippen LogP contribution in [0.4, 0.5) is 0 Å². The van der Waals surface area contributed by atoms with Crippen molar-refractivity contribution in [3.63, 3.8) is 0 Å². The van der Waals surface area contributed by atoms with E-state index in [4.69, 9.17) is 50.6 Å². The highest BCUT2D eigenvalue weighted by molar-refractivity contribution is 8.26. The number of nitrogens with zero attached hydrogens (tertiary/aromatic N) is 5. The molecule has 0 amide bonds. The van der Waals surface area contributed by atoms with E-state index in [1.165, 1.54) is 56.9 Å². The van der Waals surface area contributed by atoms with Gasteiger partial charge < -0.3 is 5.11 Å². The molecular weight excluding hydrogens is 1180 g/mol. The lowest BCUT2D eigenvalue weighted by molar-refractivity contribution is -0.120. The van der Waals surface area contributed by atoms with Gasteiger partial charge in [0.05, 0.1) is 44.8 Å². The minimum absolute atomic E-state index is 0.0359. The third-order valence-corrected chi connectivity index (χ3v) is 20.4. The Morgan fingerprint density at radius 3 is 1.30 bits per heavy atom. The largest absolute Gasteiger partial charge is 0.515 e. The number of aromatic nitrogens is 2. The number of carbonyl (C=O) groups excluding carboxylic acids is 2. The van der Waals surface area contributed by atoms with Crippen LogP contribution in [0.25, 0.3) is 0 Å². The molecule has 15 nitrogen and oxygen atoms in total. The average Bonchev–Trinajstić information content (AvgIpc) is 3.35. The summed E-state index contributed by atoms with van der Waals surface area (Å²) in [4.78, 5) is 33.6. The van der Waals surface area contributed by atoms with Crippen LogP contribution < -0.4 is 0 Å². The first-order valence-electron chi connectivity index (χ1n) is 23.1. The molecule has 6 unspecified atom stereocenters. The molecule has 1 aromatic heterocycles. The maximum atomic E-state index is 13.2. The van der Waals surface area contributed by atoms with Crippen molar-refractivity contribution >= 4 is 130 Å². The van der Waals surface area contributed by atoms with Crippen molar-refractivity contribution < 1.29 is 44.2 Å². The topological polar surface area (TPSA) is 209 Å². The van der Waals surface area contributed by atoms with Crippen molar-refractivity contribution in [1.82, 2.24) is 22.9 Å². The molecule has 74 heavy (non-hydrogen) atoms. The van der Waals surface area contributed by atoms with Crippen LogP contribution in [0.2, 0.25) is 15.1 Å². The van der Waals surface area contributed by atoms with Gasteiger partial charge in [0.1, 0.15) is 5.82 Å². The van der Waals surface area contributed by atoms with Gasteiger partial charge in [-0.2, -0.15) is 12.9 Å². The van der Waals surface area contributed by atoms with Gasteiger partial charge in [0, 0.05) is 109 Å². The van der Waals surface area contributed by atoms with Gasteiger partial charge in [-0.05, 0) is 138 Å². The fraction of sp³-hybridized carbons (Fsp3) is 0.417. The number of ketones is 2. The minimum Gasteiger partial charge on any atom is -0.515 e. The lowest BCUT2D eigenvalue weighted by atomic mass is 9.83. The number of aliphatic hydroxyl groups is 1. The summed E-state index contributed by atoms with van der Waals surface area (Å²) in [6.45, 7) is 1.87. The van der Waals surface area contributed by atoms with Crippen molar-refractivity contribution in [1.29, 1.82) is 0 Å². The van der Waals surface area contributed by atoms with E-state index in [1.807, 2.05) is 6.92 Å². The molecule has 4 aromatic rings. The molecular formula is C48H52Cl7N5O10S4. The lowest BCUT2D eigenvalue weighted by Gasteiger charge is -2.45. The van der Waals surface area contributed by atoms with E-state index < -0.39 is 51.4 Å². The zero-order chi connectivity index (χ0) is 54.3. The van der Waals surface area contributed by atoms with Crippen LogP contribution in [-0.2, 0) is 55.3 Å². The molecule has 6 aliphatic rings. The lowest BCUT2D eigenvalue weighted by Crippen LogP contribution is -2.56. The fourth-order valence-corrected chi connectivity index (χ4v) is 16.6. The Morgan fingerprint density at radius 1 is 0.581 bits per heavy atom. The zero-order valence-corrected chi connectivity index (χ0v) is 48.3. The van der Waals surface area contributed by atoms with Crippen LogP contribution in [0.5, 0.6) is 0 Å². The number of alkyl halides is 1. The van der Waals surface area contributed by atoms with Gasteiger partial charge in [-0.25, -0.2) is 39.4 Å². The molecule has 6 bridgehead atoms. The van der Waals surface area contributed by atoms with E-state index in [0.717, 1.165) is 55.4 Å². The van der Waals surface area contributed by atoms with Gasteiger partial charge in [-0.15, -0.1) is 11.6 Å². The number of carbonyl (C=O) groups is 2. The molecule has 6 atom stereocenters. The molecule has 5 fully saturated rings. The highest BCUT2D eigenvalue weighted by Crippen LogP contribution is 2.45. The van der Waals surface area contributed by atoms with E-state index in [0.29, 0.717) is 57.6 Å². The maximum Gasteiger partial charge on any atom is 0.243 e. The van der Waals surface area contributed by atoms with E-state index in [9.17, 15) is 39.9 Å². The summed E-state index contributed by atoms with van der Waals surface area (Å²) in [7, 11) is -3.63. The normalized spacial score (nSPS) is 24.9. The molecule has 0 aliphatic carbocycles. The number of fused-ring (bicyclic) bond motifs is 8. The Kier molecular flexibility index (Phi) is 21.5. The van der Waals surface area contributed by atoms with E-state index in [2.05, 4.69) is 42.9 Å². The molecule has 1 N–H and O–H groups in total. The first kappa shape index (κ1) is 60.5. The third-order valence-electron chi connectivity index (χ3n) is 13.5. The highest BCUT2D eigenvalue weighted by Gasteiger charge is 2.49. The third kappa shape index (κ3) is 13.6. The van der Waals surface area contributed by atoms with Crippen LogP contribution in [0, 0.1) is 6.92 Å². The minimum atomic E-state index is -3.73. The molecule has 5 saturated heterocycles. The van der Waals surface area contributed by atoms with Crippen molar-refractivity contribution in [3.05, 3.63) is 134 Å². The summed E-state index contributed by atoms with van der Waals surface area (Å²) in [5.41, 5.74) is 3.77. The van der Waals surface area contributed by atoms with Gasteiger partial charge >= 0.3 is 0 Å². The fourth-order valence-electron chi connectivity index (χ4n) is 10.4. The molecule has 10 rings (SSSR count). The van der Waals surface area contributed by atoms with E-state index in [1.54, 1.807) is 46.9 Å². The van der Waals surface area contributed by atoms with Crippen LogP contribution in [0.15, 0.2) is 117 Å². The Morgan fingerprint density at radius 2 is 0.919 bits per heavy atom. The Hall–Kier alpha value is -2.73. The van der Waals surface area contributed by atoms with Crippen LogP contribution >= 0.6 is 79.4 Å². The Labute approximate surface area is 468 Å². The SMILES string of the molecule is CCl.Cc1ncc2c(n1)CC1CCCC2N1S(=O)(=O)c1ccc(Cl)cc1.O=C1CC2CCCC(/C1=C/O)N2S(=O)(=O)c1ccc(Cl)cc1.O=C1CC2CCCC(C1=CCl)N2S(=O)(=O)c1ccc(Cl)cc1.O=S(Cl)Cl. The second-order valence-electron chi connectivity index (χ2n) is 17.8. The number of benzene rings is 3. The molecule has 0 spiro atoms.